The third-order valence-corrected chi connectivity index (χ3v) is 6.15. The first-order chi connectivity index (χ1) is 14.2. The Labute approximate surface area is 175 Å². The number of anilines is 1. The summed E-state index contributed by atoms with van der Waals surface area (Å²) < 4.78 is 1.86. The van der Waals surface area contributed by atoms with Crippen molar-refractivity contribution in [3.63, 3.8) is 0 Å². The number of nitrogens with one attached hydrogen (secondary N) is 1. The van der Waals surface area contributed by atoms with Crippen LogP contribution in [0.3, 0.4) is 0 Å². The molecule has 1 saturated heterocycles. The molecule has 4 rings (SSSR count). The highest BCUT2D eigenvalue weighted by Gasteiger charge is 2.14. The van der Waals surface area contributed by atoms with Crippen molar-refractivity contribution in [1.82, 2.24) is 19.7 Å². The summed E-state index contributed by atoms with van der Waals surface area (Å²) in [5.41, 5.74) is 2.92. The van der Waals surface area contributed by atoms with Crippen LogP contribution in [0.2, 0.25) is 0 Å². The number of piperidine rings is 1. The van der Waals surface area contributed by atoms with Crippen molar-refractivity contribution in [1.29, 1.82) is 0 Å². The molecule has 1 N–H and O–H groups in total. The van der Waals surface area contributed by atoms with Crippen molar-refractivity contribution in [3.05, 3.63) is 64.4 Å². The summed E-state index contributed by atoms with van der Waals surface area (Å²) in [5, 5.41) is 7.91. The Morgan fingerprint density at radius 3 is 2.69 bits per heavy atom. The van der Waals surface area contributed by atoms with Gasteiger partial charge in [0, 0.05) is 30.2 Å². The summed E-state index contributed by atoms with van der Waals surface area (Å²) in [7, 11) is 0. The van der Waals surface area contributed by atoms with E-state index in [9.17, 15) is 4.79 Å². The molecule has 1 fully saturated rings. The van der Waals surface area contributed by atoms with Gasteiger partial charge in [0.25, 0.3) is 5.91 Å². The largest absolute Gasteiger partial charge is 0.301 e. The van der Waals surface area contributed by atoms with Gasteiger partial charge in [-0.25, -0.2) is 4.98 Å². The number of nitrogens with zero attached hydrogens (tertiary/aromatic N) is 4. The average molecular weight is 410 g/mol. The topological polar surface area (TPSA) is 63.1 Å². The lowest BCUT2D eigenvalue weighted by molar-refractivity contribution is 0.102. The Balaban J connectivity index is 1.29. The van der Waals surface area contributed by atoms with Crippen molar-refractivity contribution >= 4 is 22.4 Å². The molecule has 1 aliphatic heterocycles. The second-order valence-corrected chi connectivity index (χ2v) is 8.73. The van der Waals surface area contributed by atoms with Crippen molar-refractivity contribution in [2.24, 2.45) is 0 Å². The van der Waals surface area contributed by atoms with E-state index in [1.807, 2.05) is 17.1 Å². The molecular formula is C22H27N5OS. The number of amides is 1. The summed E-state index contributed by atoms with van der Waals surface area (Å²) in [5.74, 6) is -0.210. The van der Waals surface area contributed by atoms with Crippen LogP contribution in [0.25, 0.3) is 0 Å². The van der Waals surface area contributed by atoms with Crippen LogP contribution in [0.15, 0.2) is 42.7 Å². The SMILES string of the molecule is Cc1ccc(Cc2cnc(NC(=O)c3ccn(CCN4CCCCC4)n3)s2)cc1. The Hall–Kier alpha value is -2.51. The molecule has 0 unspecified atom stereocenters. The van der Waals surface area contributed by atoms with Crippen LogP contribution in [0.5, 0.6) is 0 Å². The lowest BCUT2D eigenvalue weighted by Crippen LogP contribution is -2.32. The van der Waals surface area contributed by atoms with E-state index in [1.54, 1.807) is 6.07 Å². The predicted molar refractivity (Wildman–Crippen MR) is 117 cm³/mol. The van der Waals surface area contributed by atoms with Crippen molar-refractivity contribution in [2.45, 2.75) is 39.2 Å². The number of thiazole rings is 1. The number of carbonyl (C=O) groups excluding carboxylic acids is 1. The molecule has 1 aliphatic rings. The number of likely N-dealkylation sites (tertiary alicyclic amines) is 1. The van der Waals surface area contributed by atoms with Crippen LogP contribution < -0.4 is 5.32 Å². The van der Waals surface area contributed by atoms with Gasteiger partial charge in [0.05, 0.1) is 6.54 Å². The number of hydrogen-bond donors (Lipinski definition) is 1. The molecule has 1 amide bonds. The third kappa shape index (κ3) is 5.52. The van der Waals surface area contributed by atoms with Gasteiger partial charge in [-0.05, 0) is 44.5 Å². The second-order valence-electron chi connectivity index (χ2n) is 7.61. The van der Waals surface area contributed by atoms with Gasteiger partial charge in [0.2, 0.25) is 0 Å². The molecule has 0 spiro atoms. The molecule has 7 heteroatoms. The van der Waals surface area contributed by atoms with Gasteiger partial charge < -0.3 is 4.90 Å². The molecule has 29 heavy (non-hydrogen) atoms. The van der Waals surface area contributed by atoms with E-state index in [0.29, 0.717) is 10.8 Å². The highest BCUT2D eigenvalue weighted by Crippen LogP contribution is 2.22. The Bertz CT molecular complexity index is 940. The van der Waals surface area contributed by atoms with Crippen LogP contribution in [-0.4, -0.2) is 45.2 Å². The molecule has 3 aromatic rings. The molecular weight excluding hydrogens is 382 g/mol. The third-order valence-electron chi connectivity index (χ3n) is 5.24. The van der Waals surface area contributed by atoms with Gasteiger partial charge in [-0.15, -0.1) is 11.3 Å². The maximum absolute atomic E-state index is 12.5. The molecule has 0 radical (unpaired) electrons. The first-order valence-electron chi connectivity index (χ1n) is 10.2. The van der Waals surface area contributed by atoms with Crippen molar-refractivity contribution in [2.75, 3.05) is 25.0 Å². The fourth-order valence-corrected chi connectivity index (χ4v) is 4.39. The number of hydrogen-bond acceptors (Lipinski definition) is 5. The van der Waals surface area contributed by atoms with Crippen LogP contribution in [-0.2, 0) is 13.0 Å². The zero-order valence-corrected chi connectivity index (χ0v) is 17.6. The number of carbonyl (C=O) groups is 1. The minimum absolute atomic E-state index is 0.210. The van der Waals surface area contributed by atoms with Gasteiger partial charge in [0.1, 0.15) is 0 Å². The van der Waals surface area contributed by atoms with Crippen LogP contribution in [0.1, 0.15) is 45.8 Å². The van der Waals surface area contributed by atoms with Crippen molar-refractivity contribution in [3.8, 4) is 0 Å². The molecule has 6 nitrogen and oxygen atoms in total. The molecule has 2 aromatic heterocycles. The maximum atomic E-state index is 12.5. The smallest absolute Gasteiger partial charge is 0.277 e. The quantitative estimate of drug-likeness (QED) is 0.641. The number of rotatable bonds is 7. The molecule has 0 aliphatic carbocycles. The summed E-state index contributed by atoms with van der Waals surface area (Å²) in [6.07, 6.45) is 8.44. The van der Waals surface area contributed by atoms with E-state index in [-0.39, 0.29) is 5.91 Å². The molecule has 0 saturated carbocycles. The fraction of sp³-hybridized carbons (Fsp3) is 0.409. The Morgan fingerprint density at radius 1 is 1.10 bits per heavy atom. The van der Waals surface area contributed by atoms with E-state index in [1.165, 1.54) is 54.8 Å². The van der Waals surface area contributed by atoms with Crippen molar-refractivity contribution < 1.29 is 4.79 Å². The van der Waals surface area contributed by atoms with E-state index in [2.05, 4.69) is 51.5 Å². The highest BCUT2D eigenvalue weighted by molar-refractivity contribution is 7.15. The van der Waals surface area contributed by atoms with Gasteiger partial charge in [-0.1, -0.05) is 36.2 Å². The van der Waals surface area contributed by atoms with E-state index in [0.717, 1.165) is 24.4 Å². The lowest BCUT2D eigenvalue weighted by atomic mass is 10.1. The van der Waals surface area contributed by atoms with E-state index < -0.39 is 0 Å². The standard InChI is InChI=1S/C22H27N5OS/c1-17-5-7-18(8-6-17)15-19-16-23-22(29-19)24-21(28)20-9-12-27(25-20)14-13-26-10-3-2-4-11-26/h5-9,12,16H,2-4,10-11,13-15H2,1H3,(H,23,24,28). The summed E-state index contributed by atoms with van der Waals surface area (Å²) >= 11 is 1.51. The van der Waals surface area contributed by atoms with Crippen LogP contribution in [0, 0.1) is 6.92 Å². The summed E-state index contributed by atoms with van der Waals surface area (Å²) in [6.45, 7) is 6.22. The molecule has 0 bridgehead atoms. The monoisotopic (exact) mass is 409 g/mol. The highest BCUT2D eigenvalue weighted by atomic mass is 32.1. The second kappa shape index (κ2) is 9.33. The minimum atomic E-state index is -0.210. The summed E-state index contributed by atoms with van der Waals surface area (Å²) in [4.78, 5) is 20.4. The first kappa shape index (κ1) is 19.8. The average Bonchev–Trinajstić information content (AvgIpc) is 3.39. The van der Waals surface area contributed by atoms with Crippen LogP contribution in [0.4, 0.5) is 5.13 Å². The lowest BCUT2D eigenvalue weighted by Gasteiger charge is -2.26. The number of aryl methyl sites for hydroxylation is 1. The van der Waals surface area contributed by atoms with E-state index in [4.69, 9.17) is 0 Å². The summed E-state index contributed by atoms with van der Waals surface area (Å²) in [6, 6.07) is 10.3. The number of aromatic nitrogens is 3. The molecule has 1 aromatic carbocycles. The maximum Gasteiger partial charge on any atom is 0.277 e. The Morgan fingerprint density at radius 2 is 1.90 bits per heavy atom. The molecule has 152 valence electrons. The van der Waals surface area contributed by atoms with Crippen LogP contribution >= 0.6 is 11.3 Å². The molecule has 3 heterocycles. The predicted octanol–water partition coefficient (Wildman–Crippen LogP) is 3.98. The first-order valence-corrected chi connectivity index (χ1v) is 11.0. The Kier molecular flexibility index (Phi) is 6.36. The normalized spacial score (nSPS) is 14.8. The fourth-order valence-electron chi connectivity index (χ4n) is 3.55. The van der Waals surface area contributed by atoms with Gasteiger partial charge in [0.15, 0.2) is 10.8 Å². The van der Waals surface area contributed by atoms with E-state index >= 15 is 0 Å². The zero-order valence-electron chi connectivity index (χ0n) is 16.8. The van der Waals surface area contributed by atoms with Gasteiger partial charge in [-0.2, -0.15) is 5.10 Å². The van der Waals surface area contributed by atoms with Gasteiger partial charge in [-0.3, -0.25) is 14.8 Å². The minimum Gasteiger partial charge on any atom is -0.301 e. The van der Waals surface area contributed by atoms with Gasteiger partial charge >= 0.3 is 0 Å². The zero-order chi connectivity index (χ0) is 20.1. The molecule has 0 atom stereocenters. The number of benzene rings is 1.